The van der Waals surface area contributed by atoms with Crippen molar-refractivity contribution in [3.8, 4) is 10.4 Å². The fourth-order valence-electron chi connectivity index (χ4n) is 3.93. The van der Waals surface area contributed by atoms with Gasteiger partial charge in [-0.25, -0.2) is 13.4 Å². The molecule has 2 N–H and O–H groups in total. The predicted octanol–water partition coefficient (Wildman–Crippen LogP) is 5.60. The quantitative estimate of drug-likeness (QED) is 0.326. The third-order valence-corrected chi connectivity index (χ3v) is 8.32. The summed E-state index contributed by atoms with van der Waals surface area (Å²) in [5.74, 6) is -1.08. The van der Waals surface area contributed by atoms with Crippen LogP contribution in [0.5, 0.6) is 0 Å². The summed E-state index contributed by atoms with van der Waals surface area (Å²) >= 11 is 1.68. The van der Waals surface area contributed by atoms with E-state index in [-0.39, 0.29) is 4.90 Å². The molecule has 0 spiro atoms. The average molecular weight is 501 g/mol. The molecular formula is C25H28N2O5S2. The van der Waals surface area contributed by atoms with E-state index in [2.05, 4.69) is 18.6 Å². The van der Waals surface area contributed by atoms with E-state index in [0.717, 1.165) is 32.9 Å². The molecule has 9 heteroatoms. The minimum atomic E-state index is -4.03. The summed E-state index contributed by atoms with van der Waals surface area (Å²) < 4.78 is 34.1. The number of nitrogens with one attached hydrogen (secondary N) is 1. The van der Waals surface area contributed by atoms with Crippen LogP contribution in [0.1, 0.15) is 38.4 Å². The predicted molar refractivity (Wildman–Crippen MR) is 135 cm³/mol. The van der Waals surface area contributed by atoms with Crippen LogP contribution in [0, 0.1) is 18.8 Å². The van der Waals surface area contributed by atoms with Gasteiger partial charge in [-0.15, -0.1) is 11.3 Å². The Morgan fingerprint density at radius 3 is 2.47 bits per heavy atom. The van der Waals surface area contributed by atoms with Gasteiger partial charge in [0, 0.05) is 17.2 Å². The lowest BCUT2D eigenvalue weighted by atomic mass is 10.1. The van der Waals surface area contributed by atoms with Gasteiger partial charge in [0.1, 0.15) is 17.2 Å². The van der Waals surface area contributed by atoms with Gasteiger partial charge in [-0.05, 0) is 54.7 Å². The van der Waals surface area contributed by atoms with E-state index in [1.807, 2.05) is 25.1 Å². The average Bonchev–Trinajstić information content (AvgIpc) is 3.29. The highest BCUT2D eigenvalue weighted by Gasteiger charge is 2.28. The molecule has 0 aliphatic heterocycles. The van der Waals surface area contributed by atoms with E-state index in [9.17, 15) is 18.3 Å². The number of benzene rings is 2. The van der Waals surface area contributed by atoms with Crippen molar-refractivity contribution < 1.29 is 22.7 Å². The van der Waals surface area contributed by atoms with Crippen LogP contribution in [0.4, 0.5) is 0 Å². The van der Waals surface area contributed by atoms with Crippen LogP contribution in [0.2, 0.25) is 0 Å². The third-order valence-electron chi connectivity index (χ3n) is 5.65. The van der Waals surface area contributed by atoms with Gasteiger partial charge in [0.15, 0.2) is 0 Å². The molecule has 0 saturated carbocycles. The summed E-state index contributed by atoms with van der Waals surface area (Å²) in [6.07, 6.45) is 0.934. The first kappa shape index (κ1) is 24.4. The summed E-state index contributed by atoms with van der Waals surface area (Å²) in [6.45, 7) is 9.66. The van der Waals surface area contributed by atoms with E-state index >= 15 is 0 Å². The fourth-order valence-corrected chi connectivity index (χ4v) is 6.56. The first-order chi connectivity index (χ1) is 16.0. The molecule has 34 heavy (non-hydrogen) atoms. The smallest absolute Gasteiger partial charge is 0.322 e. The molecule has 0 saturated heterocycles. The maximum Gasteiger partial charge on any atom is 0.322 e. The van der Waals surface area contributed by atoms with E-state index in [4.69, 9.17) is 9.40 Å². The van der Waals surface area contributed by atoms with Crippen molar-refractivity contribution >= 4 is 49.3 Å². The topological polar surface area (TPSA) is 110 Å². The monoisotopic (exact) mass is 500 g/mol. The number of rotatable bonds is 8. The number of aliphatic carboxylic acids is 1. The summed E-state index contributed by atoms with van der Waals surface area (Å²) in [5.41, 5.74) is 3.20. The number of sulfonamides is 1. The maximum absolute atomic E-state index is 12.9. The van der Waals surface area contributed by atoms with Gasteiger partial charge in [-0.1, -0.05) is 33.8 Å². The first-order valence-electron chi connectivity index (χ1n) is 11.1. The Morgan fingerprint density at radius 2 is 1.82 bits per heavy atom. The van der Waals surface area contributed by atoms with Gasteiger partial charge in [-0.3, -0.25) is 4.79 Å². The second-order valence-electron chi connectivity index (χ2n) is 9.27. The van der Waals surface area contributed by atoms with E-state index in [1.165, 1.54) is 12.1 Å². The van der Waals surface area contributed by atoms with E-state index in [0.29, 0.717) is 22.5 Å². The molecule has 2 heterocycles. The van der Waals surface area contributed by atoms with Crippen LogP contribution in [0.3, 0.4) is 0 Å². The Hall–Kier alpha value is -2.75. The Morgan fingerprint density at radius 1 is 1.09 bits per heavy atom. The van der Waals surface area contributed by atoms with E-state index in [1.54, 1.807) is 31.3 Å². The number of fused-ring (bicyclic) bond motifs is 3. The molecule has 2 aromatic heterocycles. The number of carboxylic acids is 1. The molecule has 0 amide bonds. The maximum atomic E-state index is 12.9. The largest absolute Gasteiger partial charge is 0.480 e. The molecule has 0 aliphatic carbocycles. The van der Waals surface area contributed by atoms with E-state index < -0.39 is 28.0 Å². The highest BCUT2D eigenvalue weighted by Crippen LogP contribution is 2.36. The number of furan rings is 1. The van der Waals surface area contributed by atoms with Crippen molar-refractivity contribution in [2.75, 3.05) is 0 Å². The molecule has 4 rings (SSSR count). The number of hydrogen-bond acceptors (Lipinski definition) is 6. The number of carboxylic acid groups (broad SMARTS) is 1. The molecule has 4 aromatic rings. The van der Waals surface area contributed by atoms with Crippen LogP contribution >= 0.6 is 11.3 Å². The van der Waals surface area contributed by atoms with Crippen molar-refractivity contribution in [3.05, 3.63) is 47.1 Å². The normalized spacial score (nSPS) is 13.4. The molecule has 0 fully saturated rings. The number of nitrogens with zero attached hydrogens (tertiary/aromatic N) is 1. The third kappa shape index (κ3) is 4.73. The van der Waals surface area contributed by atoms with Crippen LogP contribution in [0.15, 0.2) is 45.7 Å². The van der Waals surface area contributed by atoms with Gasteiger partial charge in [0.05, 0.1) is 20.5 Å². The molecular weight excluding hydrogens is 472 g/mol. The Balaban J connectivity index is 1.73. The summed E-state index contributed by atoms with van der Waals surface area (Å²) in [6, 6.07) is 9.23. The Kier molecular flexibility index (Phi) is 6.54. The van der Waals surface area contributed by atoms with Gasteiger partial charge < -0.3 is 9.52 Å². The molecule has 7 nitrogen and oxygen atoms in total. The zero-order valence-corrected chi connectivity index (χ0v) is 21.4. The first-order valence-corrected chi connectivity index (χ1v) is 13.4. The zero-order valence-electron chi connectivity index (χ0n) is 19.7. The lowest BCUT2D eigenvalue weighted by Gasteiger charge is -2.17. The second-order valence-corrected chi connectivity index (χ2v) is 12.1. The molecule has 0 radical (unpaired) electrons. The minimum absolute atomic E-state index is 0.00435. The van der Waals surface area contributed by atoms with Crippen LogP contribution in [-0.4, -0.2) is 30.5 Å². The summed E-state index contributed by atoms with van der Waals surface area (Å²) in [4.78, 5) is 17.3. The lowest BCUT2D eigenvalue weighted by molar-refractivity contribution is -0.140. The zero-order chi connectivity index (χ0) is 24.8. The van der Waals surface area contributed by atoms with Gasteiger partial charge in [0.2, 0.25) is 10.0 Å². The van der Waals surface area contributed by atoms with Crippen molar-refractivity contribution in [2.24, 2.45) is 11.8 Å². The van der Waals surface area contributed by atoms with Crippen LogP contribution in [-0.2, 0) is 21.2 Å². The van der Waals surface area contributed by atoms with Crippen molar-refractivity contribution in [2.45, 2.75) is 52.0 Å². The standard InChI is InChI=1S/C25H28N2O5S2/c1-13(2)10-22-26-15(5)24(33-22)16-6-8-18-19-12-17(7-9-20(19)32-21(18)11-16)34(30,31)27-23(14(3)4)25(28)29/h6-9,11-14,23,27H,10H2,1-5H3,(H,28,29)/t23-/m0/s1. The van der Waals surface area contributed by atoms with Gasteiger partial charge in [-0.2, -0.15) is 4.72 Å². The fraction of sp³-hybridized carbons (Fsp3) is 0.360. The number of aromatic nitrogens is 1. The van der Waals surface area contributed by atoms with Crippen molar-refractivity contribution in [3.63, 3.8) is 0 Å². The second kappa shape index (κ2) is 9.13. The number of carbonyl (C=O) groups is 1. The number of aryl methyl sites for hydroxylation is 1. The SMILES string of the molecule is Cc1nc(CC(C)C)sc1-c1ccc2c(c1)oc1ccc(S(=O)(=O)N[C@H](C(=O)O)C(C)C)cc12. The number of hydrogen-bond donors (Lipinski definition) is 2. The molecule has 0 bridgehead atoms. The molecule has 1 atom stereocenters. The van der Waals surface area contributed by atoms with Crippen LogP contribution in [0.25, 0.3) is 32.4 Å². The molecule has 180 valence electrons. The summed E-state index contributed by atoms with van der Waals surface area (Å²) in [5, 5.41) is 11.9. The Bertz CT molecular complexity index is 1480. The lowest BCUT2D eigenvalue weighted by Crippen LogP contribution is -2.44. The van der Waals surface area contributed by atoms with Crippen molar-refractivity contribution in [1.29, 1.82) is 0 Å². The minimum Gasteiger partial charge on any atom is -0.480 e. The summed E-state index contributed by atoms with van der Waals surface area (Å²) in [7, 11) is -4.03. The highest BCUT2D eigenvalue weighted by atomic mass is 32.2. The van der Waals surface area contributed by atoms with Crippen molar-refractivity contribution in [1.82, 2.24) is 9.71 Å². The highest BCUT2D eigenvalue weighted by molar-refractivity contribution is 7.89. The van der Waals surface area contributed by atoms with Gasteiger partial charge >= 0.3 is 5.97 Å². The Labute approximate surface area is 202 Å². The van der Waals surface area contributed by atoms with Gasteiger partial charge in [0.25, 0.3) is 0 Å². The number of thiazole rings is 1. The van der Waals surface area contributed by atoms with Crippen LogP contribution < -0.4 is 4.72 Å². The molecule has 0 aliphatic rings. The molecule has 2 aromatic carbocycles. The molecule has 0 unspecified atom stereocenters.